The number of unbranched alkanes of at least 4 members (excludes halogenated alkanes) is 11. The van der Waals surface area contributed by atoms with Gasteiger partial charge in [-0.3, -0.25) is 4.79 Å². The van der Waals surface area contributed by atoms with Gasteiger partial charge in [0.2, 0.25) is 0 Å². The Balaban J connectivity index is 1.82. The molecule has 1 fully saturated rings. The number of hydrogen-bond acceptors (Lipinski definition) is 4. The molecule has 4 heteroatoms. The average molecular weight is 459 g/mol. The molecule has 1 aliphatic rings. The van der Waals surface area contributed by atoms with Crippen LogP contribution in [-0.2, 0) is 14.3 Å². The molecule has 4 nitrogen and oxygen atoms in total. The molecule has 1 aliphatic heterocycles. The van der Waals surface area contributed by atoms with Crippen LogP contribution in [0, 0.1) is 5.92 Å². The summed E-state index contributed by atoms with van der Waals surface area (Å²) in [6.07, 6.45) is 17.6. The Morgan fingerprint density at radius 3 is 2.00 bits per heavy atom. The van der Waals surface area contributed by atoms with E-state index in [0.29, 0.717) is 12.0 Å². The number of rotatable bonds is 17. The number of hydrogen-bond donors (Lipinski definition) is 0. The standard InChI is InChI=1S/C29H46O4/c1-3-5-7-9-10-11-12-13-17-21-25-23-27(33-28(30)24-19-15-14-16-20-24)26(29(31)32-25)22-18-8-6-4-2/h14-16,19-20,25-27H,3-13,17-18,21-23H2,1-2H3/t25-,26+,27+/m1/s1. The first-order valence-electron chi connectivity index (χ1n) is 13.6. The Morgan fingerprint density at radius 2 is 1.36 bits per heavy atom. The summed E-state index contributed by atoms with van der Waals surface area (Å²) in [6.45, 7) is 4.43. The molecule has 186 valence electrons. The van der Waals surface area contributed by atoms with Gasteiger partial charge in [-0.2, -0.15) is 0 Å². The topological polar surface area (TPSA) is 52.6 Å². The largest absolute Gasteiger partial charge is 0.462 e. The summed E-state index contributed by atoms with van der Waals surface area (Å²) < 4.78 is 11.7. The highest BCUT2D eigenvalue weighted by molar-refractivity contribution is 5.89. The Bertz CT molecular complexity index is 657. The summed E-state index contributed by atoms with van der Waals surface area (Å²) >= 11 is 0. The lowest BCUT2D eigenvalue weighted by Crippen LogP contribution is -2.43. The highest BCUT2D eigenvalue weighted by Gasteiger charge is 2.40. The summed E-state index contributed by atoms with van der Waals surface area (Å²) in [5.74, 6) is -0.853. The smallest absolute Gasteiger partial charge is 0.338 e. The number of benzene rings is 1. The predicted octanol–water partition coefficient (Wildman–Crippen LogP) is 8.04. The molecule has 2 rings (SSSR count). The van der Waals surface area contributed by atoms with Crippen LogP contribution in [0.4, 0.5) is 0 Å². The van der Waals surface area contributed by atoms with Gasteiger partial charge in [-0.1, -0.05) is 109 Å². The van der Waals surface area contributed by atoms with Crippen LogP contribution in [-0.4, -0.2) is 24.1 Å². The van der Waals surface area contributed by atoms with E-state index in [-0.39, 0.29) is 30.1 Å². The van der Waals surface area contributed by atoms with Crippen molar-refractivity contribution in [1.82, 2.24) is 0 Å². The molecule has 0 spiro atoms. The van der Waals surface area contributed by atoms with Crippen molar-refractivity contribution < 1.29 is 19.1 Å². The Kier molecular flexibility index (Phi) is 13.9. The molecule has 0 unspecified atom stereocenters. The van der Waals surface area contributed by atoms with Crippen LogP contribution in [0.15, 0.2) is 30.3 Å². The molecule has 0 amide bonds. The monoisotopic (exact) mass is 458 g/mol. The zero-order valence-corrected chi connectivity index (χ0v) is 21.1. The molecule has 0 bridgehead atoms. The summed E-state index contributed by atoms with van der Waals surface area (Å²) in [6, 6.07) is 9.08. The van der Waals surface area contributed by atoms with Gasteiger partial charge < -0.3 is 9.47 Å². The third-order valence-corrected chi connectivity index (χ3v) is 6.80. The number of esters is 2. The van der Waals surface area contributed by atoms with Gasteiger partial charge in [0.05, 0.1) is 11.5 Å². The SMILES string of the molecule is CCCCCCCCCCC[C@@H]1C[C@H](OC(=O)c2ccccc2)[C@H](CCCCCC)C(=O)O1. The fourth-order valence-electron chi connectivity index (χ4n) is 4.74. The molecule has 1 aromatic rings. The third-order valence-electron chi connectivity index (χ3n) is 6.80. The first-order chi connectivity index (χ1) is 16.2. The maximum Gasteiger partial charge on any atom is 0.338 e. The maximum atomic E-state index is 12.8. The lowest BCUT2D eigenvalue weighted by Gasteiger charge is -2.35. The van der Waals surface area contributed by atoms with Crippen LogP contribution in [0.3, 0.4) is 0 Å². The molecule has 1 heterocycles. The fraction of sp³-hybridized carbons (Fsp3) is 0.724. The van der Waals surface area contributed by atoms with Crippen LogP contribution in [0.25, 0.3) is 0 Å². The zero-order valence-electron chi connectivity index (χ0n) is 21.1. The van der Waals surface area contributed by atoms with Gasteiger partial charge >= 0.3 is 11.9 Å². The molecule has 0 aromatic heterocycles. The van der Waals surface area contributed by atoms with Gasteiger partial charge in [0.25, 0.3) is 0 Å². The quantitative estimate of drug-likeness (QED) is 0.175. The van der Waals surface area contributed by atoms with Gasteiger partial charge in [-0.05, 0) is 31.4 Å². The van der Waals surface area contributed by atoms with Crippen LogP contribution in [0.2, 0.25) is 0 Å². The van der Waals surface area contributed by atoms with E-state index < -0.39 is 0 Å². The highest BCUT2D eigenvalue weighted by Crippen LogP contribution is 2.31. The van der Waals surface area contributed by atoms with Crippen LogP contribution in [0.1, 0.15) is 127 Å². The lowest BCUT2D eigenvalue weighted by molar-refractivity contribution is -0.171. The molecular formula is C29H46O4. The minimum Gasteiger partial charge on any atom is -0.462 e. The molecule has 3 atom stereocenters. The van der Waals surface area contributed by atoms with Gasteiger partial charge in [-0.15, -0.1) is 0 Å². The van der Waals surface area contributed by atoms with Crippen molar-refractivity contribution in [2.45, 2.75) is 129 Å². The minimum absolute atomic E-state index is 0.137. The normalized spacial score (nSPS) is 20.4. The second-order valence-electron chi connectivity index (χ2n) is 9.68. The van der Waals surface area contributed by atoms with Crippen molar-refractivity contribution in [3.8, 4) is 0 Å². The summed E-state index contributed by atoms with van der Waals surface area (Å²) in [4.78, 5) is 25.5. The van der Waals surface area contributed by atoms with Crippen LogP contribution in [0.5, 0.6) is 0 Å². The number of ether oxygens (including phenoxy) is 2. The molecule has 0 N–H and O–H groups in total. The van der Waals surface area contributed by atoms with Crippen molar-refractivity contribution >= 4 is 11.9 Å². The summed E-state index contributed by atoms with van der Waals surface area (Å²) in [7, 11) is 0. The van der Waals surface area contributed by atoms with Crippen molar-refractivity contribution in [3.05, 3.63) is 35.9 Å². The molecular weight excluding hydrogens is 412 g/mol. The van der Waals surface area contributed by atoms with Crippen molar-refractivity contribution in [2.75, 3.05) is 0 Å². The fourth-order valence-corrected chi connectivity index (χ4v) is 4.74. The highest BCUT2D eigenvalue weighted by atomic mass is 16.6. The summed E-state index contributed by atoms with van der Waals surface area (Å²) in [5.41, 5.74) is 0.539. The van der Waals surface area contributed by atoms with E-state index in [1.807, 2.05) is 18.2 Å². The average Bonchev–Trinajstić information content (AvgIpc) is 2.82. The maximum absolute atomic E-state index is 12.8. The third kappa shape index (κ3) is 10.8. The molecule has 0 radical (unpaired) electrons. The molecule has 33 heavy (non-hydrogen) atoms. The van der Waals surface area contributed by atoms with E-state index >= 15 is 0 Å². The van der Waals surface area contributed by atoms with E-state index in [4.69, 9.17) is 9.47 Å². The van der Waals surface area contributed by atoms with E-state index in [9.17, 15) is 9.59 Å². The first-order valence-corrected chi connectivity index (χ1v) is 13.6. The van der Waals surface area contributed by atoms with Crippen LogP contribution < -0.4 is 0 Å². The Labute approximate surface area is 201 Å². The van der Waals surface area contributed by atoms with Crippen molar-refractivity contribution in [2.24, 2.45) is 5.92 Å². The second-order valence-corrected chi connectivity index (χ2v) is 9.68. The predicted molar refractivity (Wildman–Crippen MR) is 134 cm³/mol. The molecule has 0 saturated carbocycles. The van der Waals surface area contributed by atoms with Crippen LogP contribution >= 0.6 is 0 Å². The van der Waals surface area contributed by atoms with Gasteiger partial charge in [0, 0.05) is 6.42 Å². The van der Waals surface area contributed by atoms with E-state index in [0.717, 1.165) is 44.9 Å². The Morgan fingerprint density at radius 1 is 0.818 bits per heavy atom. The second kappa shape index (κ2) is 16.7. The minimum atomic E-state index is -0.385. The molecule has 0 aliphatic carbocycles. The number of carbonyl (C=O) groups excluding carboxylic acids is 2. The number of carbonyl (C=O) groups is 2. The first kappa shape index (κ1) is 27.4. The zero-order chi connectivity index (χ0) is 23.7. The van der Waals surface area contributed by atoms with Gasteiger partial charge in [0.15, 0.2) is 0 Å². The van der Waals surface area contributed by atoms with Crippen molar-refractivity contribution in [3.63, 3.8) is 0 Å². The van der Waals surface area contributed by atoms with E-state index in [1.165, 1.54) is 51.4 Å². The van der Waals surface area contributed by atoms with Gasteiger partial charge in [0.1, 0.15) is 12.2 Å². The Hall–Kier alpha value is -1.84. The lowest BCUT2D eigenvalue weighted by atomic mass is 9.87. The molecule has 1 aromatic carbocycles. The van der Waals surface area contributed by atoms with Crippen molar-refractivity contribution in [1.29, 1.82) is 0 Å². The van der Waals surface area contributed by atoms with E-state index in [1.54, 1.807) is 12.1 Å². The molecule has 1 saturated heterocycles. The number of cyclic esters (lactones) is 1. The van der Waals surface area contributed by atoms with Gasteiger partial charge in [-0.25, -0.2) is 4.79 Å². The van der Waals surface area contributed by atoms with E-state index in [2.05, 4.69) is 13.8 Å². The summed E-state index contributed by atoms with van der Waals surface area (Å²) in [5, 5.41) is 0.